The van der Waals surface area contributed by atoms with Crippen molar-refractivity contribution < 1.29 is 9.53 Å². The van der Waals surface area contributed by atoms with Gasteiger partial charge in [-0.2, -0.15) is 0 Å². The molecule has 0 unspecified atom stereocenters. The summed E-state index contributed by atoms with van der Waals surface area (Å²) >= 11 is 6.29. The maximum Gasteiger partial charge on any atom is 0.337 e. The predicted molar refractivity (Wildman–Crippen MR) is 91.8 cm³/mol. The molecule has 0 amide bonds. The molecular formula is C18H25ClN2O2. The molecule has 1 N–H and O–H groups in total. The second kappa shape index (κ2) is 7.65. The van der Waals surface area contributed by atoms with Crippen LogP contribution in [0.2, 0.25) is 5.02 Å². The smallest absolute Gasteiger partial charge is 0.337 e. The number of halogens is 1. The molecular weight excluding hydrogens is 312 g/mol. The Kier molecular flexibility index (Phi) is 5.57. The minimum atomic E-state index is -0.314. The van der Waals surface area contributed by atoms with Crippen molar-refractivity contribution in [2.45, 2.75) is 38.3 Å². The summed E-state index contributed by atoms with van der Waals surface area (Å²) in [5.74, 6) is 0.624. The lowest BCUT2D eigenvalue weighted by Crippen LogP contribution is -2.42. The highest BCUT2D eigenvalue weighted by Gasteiger charge is 2.24. The number of nitrogens with zero attached hydrogens (tertiary/aromatic N) is 1. The van der Waals surface area contributed by atoms with Crippen LogP contribution < -0.4 is 5.32 Å². The third kappa shape index (κ3) is 4.69. The quantitative estimate of drug-likeness (QED) is 0.811. The van der Waals surface area contributed by atoms with Crippen molar-refractivity contribution >= 4 is 17.6 Å². The number of nitrogens with one attached hydrogen (secondary N) is 1. The van der Waals surface area contributed by atoms with Crippen molar-refractivity contribution in [3.8, 4) is 0 Å². The Balaban J connectivity index is 1.52. The molecule has 0 bridgehead atoms. The molecule has 2 aliphatic rings. The summed E-state index contributed by atoms with van der Waals surface area (Å²) in [5.41, 5.74) is 1.56. The highest BCUT2D eigenvalue weighted by Crippen LogP contribution is 2.28. The molecule has 3 rings (SSSR count). The molecule has 1 aliphatic carbocycles. The summed E-state index contributed by atoms with van der Waals surface area (Å²) in [5, 5.41) is 4.41. The van der Waals surface area contributed by atoms with Crippen molar-refractivity contribution in [2.24, 2.45) is 5.92 Å². The fourth-order valence-electron chi connectivity index (χ4n) is 3.13. The Labute approximate surface area is 143 Å². The van der Waals surface area contributed by atoms with Crippen LogP contribution in [0.5, 0.6) is 0 Å². The Morgan fingerprint density at radius 3 is 2.70 bits per heavy atom. The van der Waals surface area contributed by atoms with Gasteiger partial charge in [-0.1, -0.05) is 11.6 Å². The van der Waals surface area contributed by atoms with E-state index in [9.17, 15) is 4.79 Å². The zero-order valence-corrected chi connectivity index (χ0v) is 14.4. The molecule has 1 saturated carbocycles. The Morgan fingerprint density at radius 1 is 1.30 bits per heavy atom. The lowest BCUT2D eigenvalue weighted by Gasteiger charge is -2.32. The van der Waals surface area contributed by atoms with Crippen molar-refractivity contribution in [2.75, 3.05) is 26.7 Å². The zero-order chi connectivity index (χ0) is 16.2. The highest BCUT2D eigenvalue weighted by atomic mass is 35.5. The molecule has 1 aromatic carbocycles. The normalized spacial score (nSPS) is 19.7. The molecule has 1 aliphatic heterocycles. The second-order valence-electron chi connectivity index (χ2n) is 6.70. The predicted octanol–water partition coefficient (Wildman–Crippen LogP) is 3.09. The van der Waals surface area contributed by atoms with Gasteiger partial charge in [-0.15, -0.1) is 0 Å². The second-order valence-corrected chi connectivity index (χ2v) is 7.11. The van der Waals surface area contributed by atoms with Gasteiger partial charge in [0.15, 0.2) is 0 Å². The summed E-state index contributed by atoms with van der Waals surface area (Å²) in [4.78, 5) is 14.1. The summed E-state index contributed by atoms with van der Waals surface area (Å²) in [6.45, 7) is 4.12. The molecule has 1 heterocycles. The average molecular weight is 337 g/mol. The molecule has 4 nitrogen and oxygen atoms in total. The minimum absolute atomic E-state index is 0.314. The molecule has 2 fully saturated rings. The molecule has 5 heteroatoms. The first-order valence-electron chi connectivity index (χ1n) is 8.48. The number of ether oxygens (including phenoxy) is 1. The van der Waals surface area contributed by atoms with Gasteiger partial charge in [-0.25, -0.2) is 4.79 Å². The number of hydrogen-bond donors (Lipinski definition) is 1. The van der Waals surface area contributed by atoms with Crippen LogP contribution in [-0.2, 0) is 11.3 Å². The first kappa shape index (κ1) is 16.7. The van der Waals surface area contributed by atoms with Gasteiger partial charge in [0, 0.05) is 17.6 Å². The molecule has 0 aromatic heterocycles. The van der Waals surface area contributed by atoms with Crippen LogP contribution in [0.15, 0.2) is 18.2 Å². The molecule has 0 spiro atoms. The number of carbonyl (C=O) groups excluding carboxylic acids is 1. The zero-order valence-electron chi connectivity index (χ0n) is 13.7. The van der Waals surface area contributed by atoms with E-state index in [0.29, 0.717) is 16.6 Å². The van der Waals surface area contributed by atoms with Crippen molar-refractivity contribution in [1.29, 1.82) is 0 Å². The fraction of sp³-hybridized carbons (Fsp3) is 0.611. The van der Waals surface area contributed by atoms with Crippen LogP contribution in [0.1, 0.15) is 41.6 Å². The van der Waals surface area contributed by atoms with Crippen LogP contribution >= 0.6 is 11.6 Å². The van der Waals surface area contributed by atoms with E-state index >= 15 is 0 Å². The average Bonchev–Trinajstić information content (AvgIpc) is 3.40. The fourth-order valence-corrected chi connectivity index (χ4v) is 3.31. The number of methoxy groups -OCH3 is 1. The first-order valence-corrected chi connectivity index (χ1v) is 8.86. The highest BCUT2D eigenvalue weighted by molar-refractivity contribution is 6.31. The third-order valence-corrected chi connectivity index (χ3v) is 5.21. The van der Waals surface area contributed by atoms with Crippen LogP contribution in [-0.4, -0.2) is 43.7 Å². The first-order chi connectivity index (χ1) is 11.2. The molecule has 1 saturated heterocycles. The van der Waals surface area contributed by atoms with Crippen LogP contribution in [0.25, 0.3) is 0 Å². The Morgan fingerprint density at radius 2 is 2.04 bits per heavy atom. The topological polar surface area (TPSA) is 41.6 Å². The van der Waals surface area contributed by atoms with Gasteiger partial charge in [0.1, 0.15) is 0 Å². The number of carbonyl (C=O) groups is 1. The summed E-state index contributed by atoms with van der Waals surface area (Å²) in [6.07, 6.45) is 5.17. The van der Waals surface area contributed by atoms with Gasteiger partial charge in [0.2, 0.25) is 0 Å². The lowest BCUT2D eigenvalue weighted by atomic mass is 10.0. The SMILES string of the molecule is COC(=O)c1ccc(Cl)c(CN2CCC(NCC3CC3)CC2)c1. The van der Waals surface area contributed by atoms with E-state index in [-0.39, 0.29) is 5.97 Å². The molecule has 126 valence electrons. The lowest BCUT2D eigenvalue weighted by molar-refractivity contribution is 0.0600. The maximum absolute atomic E-state index is 11.7. The standard InChI is InChI=1S/C18H25ClN2O2/c1-23-18(22)14-4-5-17(19)15(10-14)12-21-8-6-16(7-9-21)20-11-13-2-3-13/h4-5,10,13,16,20H,2-3,6-9,11-12H2,1H3. The van der Waals surface area contributed by atoms with E-state index in [4.69, 9.17) is 16.3 Å². The van der Waals surface area contributed by atoms with Gasteiger partial charge in [0.05, 0.1) is 12.7 Å². The van der Waals surface area contributed by atoms with E-state index < -0.39 is 0 Å². The number of rotatable bonds is 6. The number of hydrogen-bond acceptors (Lipinski definition) is 4. The van der Waals surface area contributed by atoms with E-state index in [1.807, 2.05) is 6.07 Å². The van der Waals surface area contributed by atoms with Crippen molar-refractivity contribution in [1.82, 2.24) is 10.2 Å². The molecule has 0 atom stereocenters. The number of esters is 1. The van der Waals surface area contributed by atoms with Crippen LogP contribution in [0, 0.1) is 5.92 Å². The van der Waals surface area contributed by atoms with Gasteiger partial charge in [0.25, 0.3) is 0 Å². The van der Waals surface area contributed by atoms with Gasteiger partial charge in [-0.05, 0) is 75.0 Å². The number of piperidine rings is 1. The third-order valence-electron chi connectivity index (χ3n) is 4.84. The molecule has 23 heavy (non-hydrogen) atoms. The monoisotopic (exact) mass is 336 g/mol. The number of benzene rings is 1. The van der Waals surface area contributed by atoms with Crippen molar-refractivity contribution in [3.05, 3.63) is 34.3 Å². The largest absolute Gasteiger partial charge is 0.465 e. The minimum Gasteiger partial charge on any atom is -0.465 e. The Hall–Kier alpha value is -1.10. The van der Waals surface area contributed by atoms with Crippen molar-refractivity contribution in [3.63, 3.8) is 0 Å². The van der Waals surface area contributed by atoms with Gasteiger partial charge >= 0.3 is 5.97 Å². The summed E-state index contributed by atoms with van der Waals surface area (Å²) < 4.78 is 4.78. The van der Waals surface area contributed by atoms with Crippen LogP contribution in [0.4, 0.5) is 0 Å². The van der Waals surface area contributed by atoms with Gasteiger partial charge in [-0.3, -0.25) is 4.90 Å². The van der Waals surface area contributed by atoms with E-state index in [0.717, 1.165) is 31.1 Å². The summed E-state index contributed by atoms with van der Waals surface area (Å²) in [7, 11) is 1.40. The molecule has 0 radical (unpaired) electrons. The van der Waals surface area contributed by atoms with E-state index in [1.54, 1.807) is 12.1 Å². The van der Waals surface area contributed by atoms with E-state index in [1.165, 1.54) is 39.3 Å². The number of likely N-dealkylation sites (tertiary alicyclic amines) is 1. The van der Waals surface area contributed by atoms with Crippen LogP contribution in [0.3, 0.4) is 0 Å². The van der Waals surface area contributed by atoms with E-state index in [2.05, 4.69) is 10.2 Å². The maximum atomic E-state index is 11.7. The Bertz CT molecular complexity index is 552. The van der Waals surface area contributed by atoms with Gasteiger partial charge < -0.3 is 10.1 Å². The molecule has 1 aromatic rings. The summed E-state index contributed by atoms with van der Waals surface area (Å²) in [6, 6.07) is 6.01.